The average Bonchev–Trinajstić information content (AvgIpc) is 3.19. The van der Waals surface area contributed by atoms with Crippen LogP contribution in [0.25, 0.3) is 0 Å². The number of rotatable bonds is 2. The molecule has 0 bridgehead atoms. The molecule has 0 aliphatic carbocycles. The Labute approximate surface area is 140 Å². The molecule has 1 fully saturated rings. The molecule has 5 nitrogen and oxygen atoms in total. The highest BCUT2D eigenvalue weighted by atomic mass is 32.1. The van der Waals surface area contributed by atoms with Crippen LogP contribution in [0.2, 0.25) is 0 Å². The summed E-state index contributed by atoms with van der Waals surface area (Å²) in [6, 6.07) is 5.68. The minimum absolute atomic E-state index is 0.0643. The summed E-state index contributed by atoms with van der Waals surface area (Å²) in [5.41, 5.74) is 2.84. The van der Waals surface area contributed by atoms with Gasteiger partial charge in [-0.05, 0) is 31.4 Å². The lowest BCUT2D eigenvalue weighted by Crippen LogP contribution is -2.50. The van der Waals surface area contributed by atoms with E-state index in [9.17, 15) is 9.59 Å². The van der Waals surface area contributed by atoms with Gasteiger partial charge in [-0.2, -0.15) is 0 Å². The number of thiophene rings is 1. The molecule has 3 rings (SSSR count). The van der Waals surface area contributed by atoms with Crippen molar-refractivity contribution in [2.75, 3.05) is 26.2 Å². The minimum Gasteiger partial charge on any atom is -0.351 e. The van der Waals surface area contributed by atoms with Crippen LogP contribution in [0.4, 0.5) is 0 Å². The van der Waals surface area contributed by atoms with Gasteiger partial charge in [0.2, 0.25) is 0 Å². The Kier molecular flexibility index (Phi) is 4.26. The third-order valence-corrected chi connectivity index (χ3v) is 5.45. The second-order valence-electron chi connectivity index (χ2n) is 5.91. The summed E-state index contributed by atoms with van der Waals surface area (Å²) in [6.07, 6.45) is 0. The summed E-state index contributed by atoms with van der Waals surface area (Å²) in [7, 11) is 1.97. The van der Waals surface area contributed by atoms with Crippen molar-refractivity contribution < 1.29 is 9.59 Å². The van der Waals surface area contributed by atoms with Gasteiger partial charge < -0.3 is 14.4 Å². The van der Waals surface area contributed by atoms with Gasteiger partial charge in [0.25, 0.3) is 11.8 Å². The van der Waals surface area contributed by atoms with Crippen molar-refractivity contribution in [1.82, 2.24) is 14.4 Å². The van der Waals surface area contributed by atoms with Crippen LogP contribution in [-0.2, 0) is 7.05 Å². The van der Waals surface area contributed by atoms with Gasteiger partial charge in [-0.3, -0.25) is 9.59 Å². The quantitative estimate of drug-likeness (QED) is 0.848. The second kappa shape index (κ2) is 6.20. The molecular weight excluding hydrogens is 310 g/mol. The largest absolute Gasteiger partial charge is 0.351 e. The number of aryl methyl sites for hydroxylation is 1. The molecule has 23 heavy (non-hydrogen) atoms. The lowest BCUT2D eigenvalue weighted by atomic mass is 10.2. The van der Waals surface area contributed by atoms with Gasteiger partial charge in [0, 0.05) is 44.6 Å². The molecule has 1 aliphatic rings. The molecule has 122 valence electrons. The van der Waals surface area contributed by atoms with E-state index in [1.807, 2.05) is 58.8 Å². The molecule has 3 heterocycles. The van der Waals surface area contributed by atoms with Crippen molar-refractivity contribution in [2.24, 2.45) is 7.05 Å². The van der Waals surface area contributed by atoms with Gasteiger partial charge in [-0.1, -0.05) is 6.07 Å². The van der Waals surface area contributed by atoms with E-state index in [0.29, 0.717) is 26.2 Å². The molecule has 2 amide bonds. The zero-order chi connectivity index (χ0) is 16.6. The smallest absolute Gasteiger partial charge is 0.264 e. The molecule has 6 heteroatoms. The van der Waals surface area contributed by atoms with E-state index in [4.69, 9.17) is 0 Å². The molecule has 2 aromatic heterocycles. The number of hydrogen-bond donors (Lipinski definition) is 0. The third-order valence-electron chi connectivity index (χ3n) is 4.59. The van der Waals surface area contributed by atoms with E-state index in [-0.39, 0.29) is 11.8 Å². The molecule has 0 spiro atoms. The average molecular weight is 331 g/mol. The number of carbonyl (C=O) groups is 2. The number of hydrogen-bond acceptors (Lipinski definition) is 3. The third kappa shape index (κ3) is 2.91. The number of aromatic nitrogens is 1. The predicted octanol–water partition coefficient (Wildman–Crippen LogP) is 2.30. The summed E-state index contributed by atoms with van der Waals surface area (Å²) in [5, 5.41) is 1.91. The Morgan fingerprint density at radius 3 is 2.13 bits per heavy atom. The molecule has 0 N–H and O–H groups in total. The first kappa shape index (κ1) is 15.8. The molecule has 2 aromatic rings. The molecule has 0 unspecified atom stereocenters. The lowest BCUT2D eigenvalue weighted by Gasteiger charge is -2.34. The Balaban J connectivity index is 1.66. The highest BCUT2D eigenvalue weighted by molar-refractivity contribution is 7.12. The molecule has 1 aliphatic heterocycles. The summed E-state index contributed by atoms with van der Waals surface area (Å²) in [5.74, 6) is 0.133. The van der Waals surface area contributed by atoms with Gasteiger partial charge in [0.1, 0.15) is 0 Å². The van der Waals surface area contributed by atoms with Crippen LogP contribution in [0.5, 0.6) is 0 Å². The number of amides is 2. The first-order valence-corrected chi connectivity index (χ1v) is 8.62. The standard InChI is InChI=1S/C17H21N3O2S/c1-12-11-14(13(2)18(12)3)16(21)19-6-8-20(9-7-19)17(22)15-5-4-10-23-15/h4-5,10-11H,6-9H2,1-3H3. The highest BCUT2D eigenvalue weighted by Gasteiger charge is 2.27. The Morgan fingerprint density at radius 2 is 1.65 bits per heavy atom. The lowest BCUT2D eigenvalue weighted by molar-refractivity contribution is 0.0537. The van der Waals surface area contributed by atoms with Crippen LogP contribution in [0, 0.1) is 13.8 Å². The molecule has 1 saturated heterocycles. The first-order chi connectivity index (χ1) is 11.0. The van der Waals surface area contributed by atoms with Crippen LogP contribution in [0.15, 0.2) is 23.6 Å². The van der Waals surface area contributed by atoms with E-state index >= 15 is 0 Å². The van der Waals surface area contributed by atoms with Crippen LogP contribution in [-0.4, -0.2) is 52.4 Å². The maximum absolute atomic E-state index is 12.7. The van der Waals surface area contributed by atoms with E-state index in [2.05, 4.69) is 0 Å². The zero-order valence-corrected chi connectivity index (χ0v) is 14.5. The maximum atomic E-state index is 12.7. The van der Waals surface area contributed by atoms with Crippen molar-refractivity contribution in [2.45, 2.75) is 13.8 Å². The van der Waals surface area contributed by atoms with Gasteiger partial charge in [0.15, 0.2) is 0 Å². The second-order valence-corrected chi connectivity index (χ2v) is 6.85. The summed E-state index contributed by atoms with van der Waals surface area (Å²) in [6.45, 7) is 6.32. The Morgan fingerprint density at radius 1 is 1.04 bits per heavy atom. The molecular formula is C17H21N3O2S. The molecule has 0 aromatic carbocycles. The van der Waals surface area contributed by atoms with Crippen molar-refractivity contribution in [1.29, 1.82) is 0 Å². The SMILES string of the molecule is Cc1cc(C(=O)N2CCN(C(=O)c3cccs3)CC2)c(C)n1C. The number of nitrogens with zero attached hydrogens (tertiary/aromatic N) is 3. The normalized spacial score (nSPS) is 15.1. The topological polar surface area (TPSA) is 45.6 Å². The minimum atomic E-state index is 0.0643. The summed E-state index contributed by atoms with van der Waals surface area (Å²) >= 11 is 1.46. The van der Waals surface area contributed by atoms with Crippen molar-refractivity contribution >= 4 is 23.2 Å². The van der Waals surface area contributed by atoms with E-state index < -0.39 is 0 Å². The molecule has 0 radical (unpaired) electrons. The van der Waals surface area contributed by atoms with Gasteiger partial charge >= 0.3 is 0 Å². The predicted molar refractivity (Wildman–Crippen MR) is 91.0 cm³/mol. The molecule has 0 atom stereocenters. The van der Waals surface area contributed by atoms with Gasteiger partial charge in [-0.25, -0.2) is 0 Å². The molecule has 0 saturated carbocycles. The summed E-state index contributed by atoms with van der Waals surface area (Å²) < 4.78 is 2.03. The van der Waals surface area contributed by atoms with Crippen LogP contribution in [0.3, 0.4) is 0 Å². The van der Waals surface area contributed by atoms with Crippen molar-refractivity contribution in [3.05, 3.63) is 45.4 Å². The van der Waals surface area contributed by atoms with Crippen molar-refractivity contribution in [3.8, 4) is 0 Å². The highest BCUT2D eigenvalue weighted by Crippen LogP contribution is 2.18. The fraction of sp³-hybridized carbons (Fsp3) is 0.412. The summed E-state index contributed by atoms with van der Waals surface area (Å²) in [4.78, 5) is 29.5. The van der Waals surface area contributed by atoms with Gasteiger partial charge in [-0.15, -0.1) is 11.3 Å². The van der Waals surface area contributed by atoms with Crippen LogP contribution < -0.4 is 0 Å². The maximum Gasteiger partial charge on any atom is 0.264 e. The Bertz CT molecular complexity index is 725. The van der Waals surface area contributed by atoms with E-state index in [1.54, 1.807) is 0 Å². The fourth-order valence-corrected chi connectivity index (χ4v) is 3.60. The Hall–Kier alpha value is -2.08. The van der Waals surface area contributed by atoms with Crippen LogP contribution in [0.1, 0.15) is 31.4 Å². The fourth-order valence-electron chi connectivity index (χ4n) is 2.91. The first-order valence-electron chi connectivity index (χ1n) is 7.74. The van der Waals surface area contributed by atoms with Gasteiger partial charge in [0.05, 0.1) is 10.4 Å². The number of piperazine rings is 1. The number of carbonyl (C=O) groups excluding carboxylic acids is 2. The van der Waals surface area contributed by atoms with Crippen LogP contribution >= 0.6 is 11.3 Å². The monoisotopic (exact) mass is 331 g/mol. The van der Waals surface area contributed by atoms with Crippen molar-refractivity contribution in [3.63, 3.8) is 0 Å². The van der Waals surface area contributed by atoms with E-state index in [0.717, 1.165) is 21.8 Å². The zero-order valence-electron chi connectivity index (χ0n) is 13.7. The van der Waals surface area contributed by atoms with E-state index in [1.165, 1.54) is 11.3 Å².